The summed E-state index contributed by atoms with van der Waals surface area (Å²) in [6, 6.07) is 0. The zero-order valence-corrected chi connectivity index (χ0v) is 10.7. The molecule has 2 N–H and O–H groups in total. The van der Waals surface area contributed by atoms with E-state index in [1.54, 1.807) is 11.3 Å². The molecule has 2 rings (SSSR count). The van der Waals surface area contributed by atoms with E-state index in [0.717, 1.165) is 26.8 Å². The monoisotopic (exact) mass is 237 g/mol. The molecule has 4 nitrogen and oxygen atoms in total. The first-order chi connectivity index (χ1) is 7.50. The van der Waals surface area contributed by atoms with Gasteiger partial charge in [0.25, 0.3) is 0 Å². The van der Waals surface area contributed by atoms with Gasteiger partial charge in [-0.3, -0.25) is 0 Å². The molecule has 0 atom stereocenters. The Morgan fingerprint density at radius 3 is 2.50 bits per heavy atom. The fraction of sp³-hybridized carbons (Fsp3) is 0.455. The van der Waals surface area contributed by atoms with Crippen molar-refractivity contribution >= 4 is 17.2 Å². The van der Waals surface area contributed by atoms with E-state index in [0.29, 0.717) is 11.8 Å². The van der Waals surface area contributed by atoms with Crippen molar-refractivity contribution in [2.24, 2.45) is 0 Å². The number of anilines is 1. The van der Waals surface area contributed by atoms with Crippen LogP contribution < -0.4 is 5.73 Å². The molecule has 0 aliphatic heterocycles. The van der Waals surface area contributed by atoms with Gasteiger partial charge in [0.2, 0.25) is 5.88 Å². The Morgan fingerprint density at radius 2 is 2.00 bits per heavy atom. The van der Waals surface area contributed by atoms with Crippen molar-refractivity contribution < 1.29 is 4.52 Å². The first-order valence-electron chi connectivity index (χ1n) is 5.20. The van der Waals surface area contributed by atoms with Gasteiger partial charge in [0.1, 0.15) is 5.69 Å². The van der Waals surface area contributed by atoms with Crippen molar-refractivity contribution in [1.29, 1.82) is 0 Å². The van der Waals surface area contributed by atoms with Gasteiger partial charge in [0, 0.05) is 5.56 Å². The van der Waals surface area contributed by atoms with Gasteiger partial charge in [-0.2, -0.15) is 0 Å². The van der Waals surface area contributed by atoms with Crippen molar-refractivity contribution in [1.82, 2.24) is 10.1 Å². The summed E-state index contributed by atoms with van der Waals surface area (Å²) in [5.41, 5.74) is 8.60. The molecule has 0 aliphatic rings. The second-order valence-corrected chi connectivity index (χ2v) is 5.31. The number of aromatic nitrogens is 2. The summed E-state index contributed by atoms with van der Waals surface area (Å²) >= 11 is 1.62. The van der Waals surface area contributed by atoms with Crippen molar-refractivity contribution in [2.45, 2.75) is 33.6 Å². The lowest BCUT2D eigenvalue weighted by Crippen LogP contribution is -1.94. The van der Waals surface area contributed by atoms with E-state index in [1.165, 1.54) is 0 Å². The SMILES string of the molecule is Cc1nc(C)c(-c2noc(N)c2C(C)C)s1. The molecular weight excluding hydrogens is 222 g/mol. The molecule has 2 heterocycles. The third-order valence-corrected chi connectivity index (χ3v) is 3.53. The fourth-order valence-electron chi connectivity index (χ4n) is 1.78. The Morgan fingerprint density at radius 1 is 1.31 bits per heavy atom. The highest BCUT2D eigenvalue weighted by Crippen LogP contribution is 2.37. The molecule has 0 bridgehead atoms. The average Bonchev–Trinajstić information content (AvgIpc) is 2.69. The quantitative estimate of drug-likeness (QED) is 0.871. The molecule has 0 saturated heterocycles. The first-order valence-corrected chi connectivity index (χ1v) is 6.01. The van der Waals surface area contributed by atoms with E-state index in [9.17, 15) is 0 Å². The van der Waals surface area contributed by atoms with Crippen LogP contribution in [0.15, 0.2) is 4.52 Å². The van der Waals surface area contributed by atoms with Gasteiger partial charge in [0.05, 0.1) is 15.6 Å². The lowest BCUT2D eigenvalue weighted by Gasteiger charge is -2.03. The maximum atomic E-state index is 5.79. The smallest absolute Gasteiger partial charge is 0.226 e. The van der Waals surface area contributed by atoms with Crippen LogP contribution >= 0.6 is 11.3 Å². The number of thiazole rings is 1. The van der Waals surface area contributed by atoms with Crippen LogP contribution in [0.4, 0.5) is 5.88 Å². The summed E-state index contributed by atoms with van der Waals surface area (Å²) in [4.78, 5) is 5.45. The molecule has 0 radical (unpaired) electrons. The Bertz CT molecular complexity index is 513. The molecule has 0 amide bonds. The van der Waals surface area contributed by atoms with Crippen LogP contribution in [0.3, 0.4) is 0 Å². The van der Waals surface area contributed by atoms with Crippen molar-refractivity contribution in [3.8, 4) is 10.6 Å². The van der Waals surface area contributed by atoms with Gasteiger partial charge in [-0.05, 0) is 19.8 Å². The maximum Gasteiger partial charge on any atom is 0.226 e. The Kier molecular flexibility index (Phi) is 2.71. The summed E-state index contributed by atoms with van der Waals surface area (Å²) < 4.78 is 5.08. The third-order valence-electron chi connectivity index (χ3n) is 2.45. The summed E-state index contributed by atoms with van der Waals surface area (Å²) in [6.45, 7) is 8.12. The van der Waals surface area contributed by atoms with Crippen LogP contribution in [-0.4, -0.2) is 10.1 Å². The second-order valence-electron chi connectivity index (χ2n) is 4.11. The molecule has 0 spiro atoms. The van der Waals surface area contributed by atoms with Crippen LogP contribution in [0.2, 0.25) is 0 Å². The van der Waals surface area contributed by atoms with Crippen LogP contribution in [0.25, 0.3) is 10.6 Å². The van der Waals surface area contributed by atoms with E-state index >= 15 is 0 Å². The highest BCUT2D eigenvalue weighted by molar-refractivity contribution is 7.15. The van der Waals surface area contributed by atoms with Gasteiger partial charge in [-0.1, -0.05) is 19.0 Å². The molecule has 0 aliphatic carbocycles. The standard InChI is InChI=1S/C11H15N3OS/c1-5(2)8-9(14-15-11(8)12)10-6(3)13-7(4)16-10/h5H,12H2,1-4H3. The molecule has 2 aromatic rings. The number of nitrogen functional groups attached to an aromatic ring is 1. The normalized spacial score (nSPS) is 11.3. The van der Waals surface area contributed by atoms with Crippen molar-refractivity contribution in [3.63, 3.8) is 0 Å². The Balaban J connectivity index is 2.60. The van der Waals surface area contributed by atoms with Crippen LogP contribution in [0.5, 0.6) is 0 Å². The van der Waals surface area contributed by atoms with E-state index in [-0.39, 0.29) is 0 Å². The predicted molar refractivity (Wildman–Crippen MR) is 65.6 cm³/mol. The minimum absolute atomic E-state index is 0.294. The summed E-state index contributed by atoms with van der Waals surface area (Å²) in [6.07, 6.45) is 0. The van der Waals surface area contributed by atoms with Gasteiger partial charge in [-0.25, -0.2) is 4.98 Å². The van der Waals surface area contributed by atoms with Gasteiger partial charge < -0.3 is 10.3 Å². The molecule has 0 aromatic carbocycles. The van der Waals surface area contributed by atoms with E-state index in [1.807, 2.05) is 13.8 Å². The number of hydrogen-bond acceptors (Lipinski definition) is 5. The number of nitrogens with zero attached hydrogens (tertiary/aromatic N) is 2. The Hall–Kier alpha value is -1.36. The molecular formula is C11H15N3OS. The van der Waals surface area contributed by atoms with Gasteiger partial charge >= 0.3 is 0 Å². The molecule has 0 saturated carbocycles. The summed E-state index contributed by atoms with van der Waals surface area (Å²) in [7, 11) is 0. The van der Waals surface area contributed by atoms with Crippen LogP contribution in [0, 0.1) is 13.8 Å². The lowest BCUT2D eigenvalue weighted by molar-refractivity contribution is 0.438. The predicted octanol–water partition coefficient (Wildman–Crippen LogP) is 3.12. The molecule has 5 heteroatoms. The number of aryl methyl sites for hydroxylation is 2. The lowest BCUT2D eigenvalue weighted by atomic mass is 10.0. The highest BCUT2D eigenvalue weighted by Gasteiger charge is 2.21. The minimum atomic E-state index is 0.294. The van der Waals surface area contributed by atoms with Crippen molar-refractivity contribution in [2.75, 3.05) is 5.73 Å². The maximum absolute atomic E-state index is 5.79. The molecule has 86 valence electrons. The number of hydrogen-bond donors (Lipinski definition) is 1. The van der Waals surface area contributed by atoms with Crippen LogP contribution in [-0.2, 0) is 0 Å². The number of rotatable bonds is 2. The van der Waals surface area contributed by atoms with E-state index in [4.69, 9.17) is 10.3 Å². The molecule has 2 aromatic heterocycles. The largest absolute Gasteiger partial charge is 0.367 e. The zero-order chi connectivity index (χ0) is 11.9. The molecule has 16 heavy (non-hydrogen) atoms. The van der Waals surface area contributed by atoms with Crippen LogP contribution in [0.1, 0.15) is 36.0 Å². The van der Waals surface area contributed by atoms with E-state index < -0.39 is 0 Å². The van der Waals surface area contributed by atoms with Gasteiger partial charge in [-0.15, -0.1) is 11.3 Å². The zero-order valence-electron chi connectivity index (χ0n) is 9.87. The average molecular weight is 237 g/mol. The Labute approximate surface area is 98.5 Å². The first kappa shape index (κ1) is 11.1. The number of nitrogens with two attached hydrogens (primary N) is 1. The third kappa shape index (κ3) is 1.71. The fourth-order valence-corrected chi connectivity index (χ4v) is 2.70. The second kappa shape index (κ2) is 3.90. The summed E-state index contributed by atoms with van der Waals surface area (Å²) in [5, 5.41) is 5.08. The summed E-state index contributed by atoms with van der Waals surface area (Å²) in [5.74, 6) is 0.707. The highest BCUT2D eigenvalue weighted by atomic mass is 32.1. The molecule has 0 fully saturated rings. The van der Waals surface area contributed by atoms with Gasteiger partial charge in [0.15, 0.2) is 0 Å². The van der Waals surface area contributed by atoms with Crippen molar-refractivity contribution in [3.05, 3.63) is 16.3 Å². The molecule has 0 unspecified atom stereocenters. The minimum Gasteiger partial charge on any atom is -0.367 e. The topological polar surface area (TPSA) is 64.9 Å². The van der Waals surface area contributed by atoms with E-state index in [2.05, 4.69) is 24.0 Å².